The number of methoxy groups -OCH3 is 1. The third-order valence-electron chi connectivity index (χ3n) is 8.26. The van der Waals surface area contributed by atoms with Crippen molar-refractivity contribution in [1.29, 1.82) is 0 Å². The van der Waals surface area contributed by atoms with Crippen molar-refractivity contribution in [2.45, 2.75) is 83.0 Å². The number of nitrogens with one attached hydrogen (secondary N) is 1. The van der Waals surface area contributed by atoms with Gasteiger partial charge in [-0.25, -0.2) is 0 Å². The van der Waals surface area contributed by atoms with Crippen LogP contribution in [-0.2, 0) is 25.7 Å². The second-order valence-corrected chi connectivity index (χ2v) is 11.0. The molecular weight excluding hydrogens is 502 g/mol. The van der Waals surface area contributed by atoms with E-state index in [0.717, 1.165) is 48.9 Å². The van der Waals surface area contributed by atoms with Gasteiger partial charge in [-0.2, -0.15) is 0 Å². The summed E-state index contributed by atoms with van der Waals surface area (Å²) in [6.07, 6.45) is 12.9. The molecule has 0 amide bonds. The maximum absolute atomic E-state index is 11.4. The van der Waals surface area contributed by atoms with Gasteiger partial charge in [0.05, 0.1) is 33.0 Å². The fraction of sp³-hybridized carbons (Fsp3) is 0.500. The van der Waals surface area contributed by atoms with Crippen LogP contribution in [0.15, 0.2) is 78.0 Å². The van der Waals surface area contributed by atoms with E-state index in [1.54, 1.807) is 7.11 Å². The topological polar surface area (TPSA) is 77.0 Å². The van der Waals surface area contributed by atoms with Gasteiger partial charge in [-0.3, -0.25) is 15.1 Å². The zero-order valence-electron chi connectivity index (χ0n) is 24.0. The van der Waals surface area contributed by atoms with E-state index >= 15 is 0 Å². The Morgan fingerprint density at radius 2 is 1.70 bits per heavy atom. The summed E-state index contributed by atoms with van der Waals surface area (Å²) < 4.78 is 11.3. The fourth-order valence-corrected chi connectivity index (χ4v) is 6.13. The first kappa shape index (κ1) is 30.0. The van der Waals surface area contributed by atoms with Gasteiger partial charge < -0.3 is 14.6 Å². The third-order valence-corrected chi connectivity index (χ3v) is 8.26. The van der Waals surface area contributed by atoms with E-state index in [2.05, 4.69) is 66.2 Å². The van der Waals surface area contributed by atoms with E-state index in [-0.39, 0.29) is 18.0 Å². The second-order valence-electron chi connectivity index (χ2n) is 11.0. The summed E-state index contributed by atoms with van der Waals surface area (Å²) in [5, 5.41) is 11.3. The van der Waals surface area contributed by atoms with Crippen LogP contribution in [-0.4, -0.2) is 37.5 Å². The van der Waals surface area contributed by atoms with Gasteiger partial charge >= 0.3 is 5.97 Å². The quantitative estimate of drug-likeness (QED) is 0.123. The lowest BCUT2D eigenvalue weighted by molar-refractivity contribution is -0.140. The molecule has 2 saturated carbocycles. The van der Waals surface area contributed by atoms with Crippen LogP contribution in [0.25, 0.3) is 11.1 Å². The molecule has 2 aromatic rings. The zero-order valence-corrected chi connectivity index (χ0v) is 24.0. The molecule has 6 heteroatoms. The molecule has 0 aliphatic heterocycles. The SMILES string of the molecule is CONC(=C1[C@H](O)C[C@H](OCc2ccc(-c3ccccc3)cc2)[C@@H]1CC=CCCCC(=O)OC)C1CCCCC1. The standard InChI is InChI=1S/C34H45NO5/c1-38-32(37)18-12-4-3-11-17-29-31(23-30(36)33(29)34(35-39-2)28-15-9-6-10-16-28)40-24-25-19-21-27(22-20-25)26-13-7-5-8-14-26/h3,5,7-8,11,13-14,19-22,28-31,35-36H,4,6,9-10,12,15-18,23-24H2,1-2H3/t29-,30+,31-/m0/s1. The molecule has 0 spiro atoms. The van der Waals surface area contributed by atoms with Crippen molar-refractivity contribution in [2.75, 3.05) is 14.2 Å². The summed E-state index contributed by atoms with van der Waals surface area (Å²) >= 11 is 0. The van der Waals surface area contributed by atoms with Crippen LogP contribution >= 0.6 is 0 Å². The maximum Gasteiger partial charge on any atom is 0.305 e. The van der Waals surface area contributed by atoms with Crippen LogP contribution in [0.4, 0.5) is 0 Å². The van der Waals surface area contributed by atoms with Crippen molar-refractivity contribution in [3.05, 3.63) is 83.6 Å². The number of unbranched alkanes of at least 4 members (excludes halogenated alkanes) is 1. The summed E-state index contributed by atoms with van der Waals surface area (Å²) in [6.45, 7) is 0.496. The summed E-state index contributed by atoms with van der Waals surface area (Å²) in [6, 6.07) is 18.9. The van der Waals surface area contributed by atoms with Gasteiger partial charge in [0.15, 0.2) is 0 Å². The molecule has 0 bridgehead atoms. The van der Waals surface area contributed by atoms with Gasteiger partial charge in [0, 0.05) is 30.4 Å². The third kappa shape index (κ3) is 8.29. The molecule has 0 unspecified atom stereocenters. The predicted octanol–water partition coefficient (Wildman–Crippen LogP) is 6.89. The molecule has 2 fully saturated rings. The average molecular weight is 548 g/mol. The Labute approximate surface area is 239 Å². The van der Waals surface area contributed by atoms with E-state index in [9.17, 15) is 9.90 Å². The van der Waals surface area contributed by atoms with Crippen LogP contribution in [0.2, 0.25) is 0 Å². The molecule has 2 aromatic carbocycles. The number of ether oxygens (including phenoxy) is 2. The van der Waals surface area contributed by atoms with E-state index in [1.807, 2.05) is 6.07 Å². The van der Waals surface area contributed by atoms with Gasteiger partial charge in [0.1, 0.15) is 0 Å². The number of aliphatic hydroxyl groups excluding tert-OH is 1. The minimum Gasteiger partial charge on any atom is -0.469 e. The Kier molecular flexibility index (Phi) is 11.8. The van der Waals surface area contributed by atoms with E-state index in [1.165, 1.54) is 37.5 Å². The van der Waals surface area contributed by atoms with E-state index in [4.69, 9.17) is 14.3 Å². The monoisotopic (exact) mass is 547 g/mol. The summed E-state index contributed by atoms with van der Waals surface area (Å²) in [5.74, 6) is 0.245. The van der Waals surface area contributed by atoms with Gasteiger partial charge in [0.25, 0.3) is 0 Å². The number of hydrogen-bond acceptors (Lipinski definition) is 6. The Morgan fingerprint density at radius 1 is 0.975 bits per heavy atom. The number of hydroxylamine groups is 1. The Balaban J connectivity index is 1.48. The lowest BCUT2D eigenvalue weighted by Gasteiger charge is -2.29. The summed E-state index contributed by atoms with van der Waals surface area (Å²) in [7, 11) is 3.07. The van der Waals surface area contributed by atoms with Crippen LogP contribution in [0.3, 0.4) is 0 Å². The first-order valence-corrected chi connectivity index (χ1v) is 14.8. The largest absolute Gasteiger partial charge is 0.469 e. The van der Waals surface area contributed by atoms with Gasteiger partial charge in [-0.15, -0.1) is 0 Å². The van der Waals surface area contributed by atoms with Crippen molar-refractivity contribution in [1.82, 2.24) is 5.48 Å². The first-order chi connectivity index (χ1) is 19.6. The van der Waals surface area contributed by atoms with E-state index < -0.39 is 6.10 Å². The molecule has 216 valence electrons. The van der Waals surface area contributed by atoms with Crippen molar-refractivity contribution >= 4 is 5.97 Å². The number of carbonyl (C=O) groups excluding carboxylic acids is 1. The molecule has 4 rings (SSSR count). The zero-order chi connectivity index (χ0) is 28.2. The highest BCUT2D eigenvalue weighted by Gasteiger charge is 2.41. The summed E-state index contributed by atoms with van der Waals surface area (Å²) in [4.78, 5) is 16.9. The number of carbonyl (C=O) groups is 1. The molecule has 0 saturated heterocycles. The highest BCUT2D eigenvalue weighted by Crippen LogP contribution is 2.42. The minimum atomic E-state index is -0.567. The minimum absolute atomic E-state index is 0.0509. The van der Waals surface area contributed by atoms with Crippen LogP contribution in [0.5, 0.6) is 0 Å². The van der Waals surface area contributed by atoms with Gasteiger partial charge in [0.2, 0.25) is 0 Å². The van der Waals surface area contributed by atoms with Crippen molar-refractivity contribution in [2.24, 2.45) is 11.8 Å². The number of allylic oxidation sites excluding steroid dienone is 3. The molecule has 0 aromatic heterocycles. The smallest absolute Gasteiger partial charge is 0.305 e. The molecular formula is C34H45NO5. The number of hydrogen-bond donors (Lipinski definition) is 2. The Morgan fingerprint density at radius 3 is 2.40 bits per heavy atom. The molecule has 0 radical (unpaired) electrons. The number of benzene rings is 2. The van der Waals surface area contributed by atoms with Crippen LogP contribution in [0, 0.1) is 11.8 Å². The van der Waals surface area contributed by atoms with E-state index in [0.29, 0.717) is 25.4 Å². The van der Waals surface area contributed by atoms with Crippen LogP contribution < -0.4 is 5.48 Å². The first-order valence-electron chi connectivity index (χ1n) is 14.8. The Hall–Kier alpha value is -2.93. The van der Waals surface area contributed by atoms with Crippen molar-refractivity contribution in [3.8, 4) is 11.1 Å². The molecule has 0 heterocycles. The van der Waals surface area contributed by atoms with Gasteiger partial charge in [-0.05, 0) is 54.4 Å². The predicted molar refractivity (Wildman–Crippen MR) is 158 cm³/mol. The lowest BCUT2D eigenvalue weighted by Crippen LogP contribution is -2.28. The van der Waals surface area contributed by atoms with Crippen molar-refractivity contribution in [3.63, 3.8) is 0 Å². The molecule has 3 atom stereocenters. The average Bonchev–Trinajstić information content (AvgIpc) is 3.31. The normalized spacial score (nSPS) is 22.9. The molecule has 2 N–H and O–H groups in total. The molecule has 40 heavy (non-hydrogen) atoms. The molecule has 6 nitrogen and oxygen atoms in total. The molecule has 2 aliphatic rings. The lowest BCUT2D eigenvalue weighted by atomic mass is 9.82. The number of rotatable bonds is 13. The second kappa shape index (κ2) is 15.8. The highest BCUT2D eigenvalue weighted by molar-refractivity contribution is 5.69. The van der Waals surface area contributed by atoms with Crippen LogP contribution in [0.1, 0.15) is 69.8 Å². The fourth-order valence-electron chi connectivity index (χ4n) is 6.13. The number of aliphatic hydroxyl groups is 1. The maximum atomic E-state index is 11.4. The summed E-state index contributed by atoms with van der Waals surface area (Å²) in [5.41, 5.74) is 8.78. The van der Waals surface area contributed by atoms with Gasteiger partial charge in [-0.1, -0.05) is 86.0 Å². The molecule has 2 aliphatic carbocycles. The number of esters is 1. The highest BCUT2D eigenvalue weighted by atomic mass is 16.6. The Bertz CT molecular complexity index is 1100. The van der Waals surface area contributed by atoms with Crippen molar-refractivity contribution < 1.29 is 24.2 Å².